The molecule has 0 N–H and O–H groups in total. The van der Waals surface area contributed by atoms with Crippen LogP contribution in [0.15, 0.2) is 24.3 Å². The first-order chi connectivity index (χ1) is 8.50. The van der Waals surface area contributed by atoms with Gasteiger partial charge in [-0.05, 0) is 26.0 Å². The highest BCUT2D eigenvalue weighted by atomic mass is 16.5. The molecule has 1 rings (SSSR count). The Morgan fingerprint density at radius 1 is 1.28 bits per heavy atom. The van der Waals surface area contributed by atoms with Crippen LogP contribution in [0.25, 0.3) is 0 Å². The lowest BCUT2D eigenvalue weighted by Gasteiger charge is -2.23. The Kier molecular flexibility index (Phi) is 5.35. The molecule has 0 heterocycles. The van der Waals surface area contributed by atoms with E-state index < -0.39 is 0 Å². The van der Waals surface area contributed by atoms with E-state index in [4.69, 9.17) is 9.47 Å². The van der Waals surface area contributed by atoms with Crippen molar-refractivity contribution >= 4 is 5.78 Å². The molecule has 1 aromatic rings. The average Bonchev–Trinajstić information content (AvgIpc) is 2.38. The Balaban J connectivity index is 2.65. The molecule has 0 unspecified atom stereocenters. The van der Waals surface area contributed by atoms with Crippen molar-refractivity contribution in [3.8, 4) is 5.75 Å². The van der Waals surface area contributed by atoms with Crippen LogP contribution in [0.3, 0.4) is 0 Å². The molecule has 0 aliphatic heterocycles. The molecule has 18 heavy (non-hydrogen) atoms. The minimum atomic E-state index is -0.205. The highest BCUT2D eigenvalue weighted by Gasteiger charge is 2.17. The number of carbonyl (C=O) groups excluding carboxylic acids is 1. The fourth-order valence-corrected chi connectivity index (χ4v) is 1.52. The second kappa shape index (κ2) is 6.55. The molecule has 0 fully saturated rings. The summed E-state index contributed by atoms with van der Waals surface area (Å²) in [6.45, 7) is 6.42. The van der Waals surface area contributed by atoms with Gasteiger partial charge >= 0.3 is 0 Å². The summed E-state index contributed by atoms with van der Waals surface area (Å²) in [5, 5.41) is 0. The minimum absolute atomic E-state index is 0.108. The van der Waals surface area contributed by atoms with E-state index in [1.165, 1.54) is 0 Å². The first-order valence-corrected chi connectivity index (χ1v) is 6.30. The van der Waals surface area contributed by atoms with Crippen molar-refractivity contribution in [1.82, 2.24) is 0 Å². The summed E-state index contributed by atoms with van der Waals surface area (Å²) < 4.78 is 11.0. The number of hydrogen-bond donors (Lipinski definition) is 0. The van der Waals surface area contributed by atoms with Crippen LogP contribution in [0.5, 0.6) is 5.75 Å². The highest BCUT2D eigenvalue weighted by Crippen LogP contribution is 2.21. The number of Topliss-reactive ketones (excluding diaryl/α,β-unsaturated/α-hetero) is 1. The third-order valence-electron chi connectivity index (χ3n) is 3.02. The van der Waals surface area contributed by atoms with Gasteiger partial charge in [0.25, 0.3) is 0 Å². The third-order valence-corrected chi connectivity index (χ3v) is 3.02. The van der Waals surface area contributed by atoms with Crippen LogP contribution in [0.4, 0.5) is 0 Å². The number of ether oxygens (including phenoxy) is 2. The van der Waals surface area contributed by atoms with Gasteiger partial charge in [0.05, 0.1) is 17.8 Å². The van der Waals surface area contributed by atoms with Crippen molar-refractivity contribution in [3.63, 3.8) is 0 Å². The zero-order chi connectivity index (χ0) is 13.6. The lowest BCUT2D eigenvalue weighted by Crippen LogP contribution is -2.25. The van der Waals surface area contributed by atoms with E-state index >= 15 is 0 Å². The minimum Gasteiger partial charge on any atom is -0.493 e. The third kappa shape index (κ3) is 4.15. The van der Waals surface area contributed by atoms with E-state index in [1.54, 1.807) is 7.11 Å². The molecule has 1 aromatic carbocycles. The van der Waals surface area contributed by atoms with E-state index in [2.05, 4.69) is 0 Å². The van der Waals surface area contributed by atoms with Crippen molar-refractivity contribution < 1.29 is 14.3 Å². The quantitative estimate of drug-likeness (QED) is 0.695. The van der Waals surface area contributed by atoms with Crippen LogP contribution in [0.2, 0.25) is 0 Å². The molecule has 0 aliphatic rings. The van der Waals surface area contributed by atoms with E-state index in [0.717, 1.165) is 6.42 Å². The average molecular weight is 250 g/mol. The van der Waals surface area contributed by atoms with Gasteiger partial charge in [-0.25, -0.2) is 0 Å². The van der Waals surface area contributed by atoms with Crippen LogP contribution < -0.4 is 4.74 Å². The Bertz CT molecular complexity index is 396. The maximum atomic E-state index is 11.7. The Morgan fingerprint density at radius 3 is 2.56 bits per heavy atom. The highest BCUT2D eigenvalue weighted by molar-refractivity contribution is 5.98. The summed E-state index contributed by atoms with van der Waals surface area (Å²) in [7, 11) is 1.69. The van der Waals surface area contributed by atoms with Crippen LogP contribution in [0, 0.1) is 0 Å². The van der Waals surface area contributed by atoms with Gasteiger partial charge in [0, 0.05) is 20.0 Å². The molecule has 0 atom stereocenters. The molecule has 0 saturated heterocycles. The van der Waals surface area contributed by atoms with Crippen LogP contribution in [0.1, 0.15) is 44.0 Å². The Hall–Kier alpha value is -1.35. The summed E-state index contributed by atoms with van der Waals surface area (Å²) in [5.74, 6) is 0.771. The summed E-state index contributed by atoms with van der Waals surface area (Å²) in [6, 6.07) is 7.38. The first-order valence-electron chi connectivity index (χ1n) is 6.30. The molecule has 0 aromatic heterocycles. The van der Waals surface area contributed by atoms with Crippen molar-refractivity contribution in [2.45, 2.75) is 39.2 Å². The van der Waals surface area contributed by atoms with Crippen molar-refractivity contribution in [1.29, 1.82) is 0 Å². The smallest absolute Gasteiger partial charge is 0.166 e. The zero-order valence-corrected chi connectivity index (χ0v) is 11.7. The monoisotopic (exact) mass is 250 g/mol. The van der Waals surface area contributed by atoms with Crippen molar-refractivity contribution in [2.75, 3.05) is 13.7 Å². The molecule has 3 heteroatoms. The van der Waals surface area contributed by atoms with Gasteiger partial charge in [-0.1, -0.05) is 19.1 Å². The molecular weight excluding hydrogens is 228 g/mol. The van der Waals surface area contributed by atoms with Crippen LogP contribution in [-0.2, 0) is 4.74 Å². The Morgan fingerprint density at radius 2 is 1.94 bits per heavy atom. The van der Waals surface area contributed by atoms with Gasteiger partial charge in [-0.15, -0.1) is 0 Å². The van der Waals surface area contributed by atoms with E-state index in [0.29, 0.717) is 24.3 Å². The fraction of sp³-hybridized carbons (Fsp3) is 0.533. The van der Waals surface area contributed by atoms with Crippen LogP contribution >= 0.6 is 0 Å². The molecular formula is C15H22O3. The summed E-state index contributed by atoms with van der Waals surface area (Å²) in [4.78, 5) is 11.7. The van der Waals surface area contributed by atoms with E-state index in [9.17, 15) is 4.79 Å². The van der Waals surface area contributed by atoms with Gasteiger partial charge in [0.1, 0.15) is 5.75 Å². The molecule has 0 amide bonds. The van der Waals surface area contributed by atoms with Crippen LogP contribution in [-0.4, -0.2) is 25.1 Å². The number of rotatable bonds is 7. The molecule has 0 saturated carbocycles. The molecule has 0 bridgehead atoms. The molecule has 0 aliphatic carbocycles. The predicted octanol–water partition coefficient (Wildman–Crippen LogP) is 3.47. The number of para-hydroxylation sites is 1. The number of hydrogen-bond acceptors (Lipinski definition) is 3. The second-order valence-electron chi connectivity index (χ2n) is 4.84. The van der Waals surface area contributed by atoms with Crippen molar-refractivity contribution in [3.05, 3.63) is 29.8 Å². The van der Waals surface area contributed by atoms with Gasteiger partial charge in [0.2, 0.25) is 0 Å². The molecule has 0 radical (unpaired) electrons. The van der Waals surface area contributed by atoms with Gasteiger partial charge in [-0.3, -0.25) is 4.79 Å². The Labute approximate surface area is 109 Å². The lowest BCUT2D eigenvalue weighted by molar-refractivity contribution is 0.00541. The number of ketones is 1. The van der Waals surface area contributed by atoms with Gasteiger partial charge < -0.3 is 9.47 Å². The van der Waals surface area contributed by atoms with Gasteiger partial charge in [-0.2, -0.15) is 0 Å². The topological polar surface area (TPSA) is 35.5 Å². The second-order valence-corrected chi connectivity index (χ2v) is 4.84. The number of benzene rings is 1. The van der Waals surface area contributed by atoms with Crippen molar-refractivity contribution in [2.24, 2.45) is 0 Å². The largest absolute Gasteiger partial charge is 0.493 e. The molecule has 3 nitrogen and oxygen atoms in total. The van der Waals surface area contributed by atoms with E-state index in [-0.39, 0.29) is 11.4 Å². The number of methoxy groups -OCH3 is 1. The fourth-order valence-electron chi connectivity index (χ4n) is 1.52. The van der Waals surface area contributed by atoms with E-state index in [1.807, 2.05) is 45.0 Å². The molecule has 100 valence electrons. The molecule has 0 spiro atoms. The SMILES string of the molecule is CCC(=O)c1ccccc1OCCC(C)(C)OC. The lowest BCUT2D eigenvalue weighted by atomic mass is 10.1. The zero-order valence-electron chi connectivity index (χ0n) is 11.7. The normalized spacial score (nSPS) is 11.3. The summed E-state index contributed by atoms with van der Waals surface area (Å²) in [6.07, 6.45) is 1.27. The summed E-state index contributed by atoms with van der Waals surface area (Å²) >= 11 is 0. The van der Waals surface area contributed by atoms with Gasteiger partial charge in [0.15, 0.2) is 5.78 Å². The number of carbonyl (C=O) groups is 1. The standard InChI is InChI=1S/C15H22O3/c1-5-13(16)12-8-6-7-9-14(12)18-11-10-15(2,3)17-4/h6-9H,5,10-11H2,1-4H3. The maximum Gasteiger partial charge on any atom is 0.166 e. The predicted molar refractivity (Wildman–Crippen MR) is 72.3 cm³/mol. The maximum absolute atomic E-state index is 11.7. The first kappa shape index (κ1) is 14.7. The summed E-state index contributed by atoms with van der Waals surface area (Å²) in [5.41, 5.74) is 0.458.